The second-order valence-corrected chi connectivity index (χ2v) is 6.46. The Kier molecular flexibility index (Phi) is 5.42. The summed E-state index contributed by atoms with van der Waals surface area (Å²) in [6.45, 7) is 2.75. The van der Waals surface area contributed by atoms with E-state index < -0.39 is 0 Å². The van der Waals surface area contributed by atoms with E-state index in [2.05, 4.69) is 23.1 Å². The number of rotatable bonds is 6. The van der Waals surface area contributed by atoms with Crippen molar-refractivity contribution in [2.24, 2.45) is 0 Å². The van der Waals surface area contributed by atoms with E-state index in [4.69, 9.17) is 10.5 Å². The summed E-state index contributed by atoms with van der Waals surface area (Å²) < 4.78 is 4.88. The highest BCUT2D eigenvalue weighted by Crippen LogP contribution is 2.33. The van der Waals surface area contributed by atoms with Crippen molar-refractivity contribution in [3.05, 3.63) is 72.3 Å². The first-order chi connectivity index (χ1) is 12.6. The van der Waals surface area contributed by atoms with Crippen LogP contribution >= 0.6 is 0 Å². The quantitative estimate of drug-likeness (QED) is 0.530. The fourth-order valence-corrected chi connectivity index (χ4v) is 3.25. The number of fused-ring (bicyclic) bond motifs is 1. The summed E-state index contributed by atoms with van der Waals surface area (Å²) in [7, 11) is 1.43. The molecule has 0 aromatic heterocycles. The number of nitrogen functional groups attached to an aromatic ring is 1. The van der Waals surface area contributed by atoms with E-state index in [0.29, 0.717) is 13.0 Å². The van der Waals surface area contributed by atoms with Gasteiger partial charge in [-0.1, -0.05) is 54.6 Å². The molecule has 3 aromatic rings. The first-order valence-corrected chi connectivity index (χ1v) is 8.74. The lowest BCUT2D eigenvalue weighted by Crippen LogP contribution is -2.34. The molecule has 1 atom stereocenters. The molecule has 0 heterocycles. The van der Waals surface area contributed by atoms with Crippen molar-refractivity contribution in [3.8, 4) is 0 Å². The Bertz CT molecular complexity index is 893. The predicted octanol–water partition coefficient (Wildman–Crippen LogP) is 4.38. The highest BCUT2D eigenvalue weighted by molar-refractivity contribution is 6.01. The number of hydrogen-bond acceptors (Lipinski definition) is 4. The Labute approximate surface area is 154 Å². The number of nitrogens with two attached hydrogens (primary N) is 1. The molecule has 4 heteroatoms. The summed E-state index contributed by atoms with van der Waals surface area (Å²) >= 11 is 0. The normalized spacial score (nSPS) is 11.9. The monoisotopic (exact) mass is 348 g/mol. The first kappa shape index (κ1) is 17.8. The predicted molar refractivity (Wildman–Crippen MR) is 107 cm³/mol. The zero-order valence-electron chi connectivity index (χ0n) is 15.2. The molecule has 0 saturated carbocycles. The number of anilines is 2. The lowest BCUT2D eigenvalue weighted by molar-refractivity contribution is -0.140. The first-order valence-electron chi connectivity index (χ1n) is 8.74. The van der Waals surface area contributed by atoms with Gasteiger partial charge in [0, 0.05) is 34.7 Å². The molecule has 0 amide bonds. The van der Waals surface area contributed by atoms with Gasteiger partial charge in [-0.15, -0.1) is 0 Å². The van der Waals surface area contributed by atoms with Gasteiger partial charge in [0.05, 0.1) is 13.5 Å². The van der Waals surface area contributed by atoms with Gasteiger partial charge in [-0.3, -0.25) is 4.79 Å². The average molecular weight is 348 g/mol. The van der Waals surface area contributed by atoms with Crippen LogP contribution in [0.4, 0.5) is 11.4 Å². The van der Waals surface area contributed by atoms with Crippen LogP contribution in [0.1, 0.15) is 18.9 Å². The van der Waals surface area contributed by atoms with Crippen molar-refractivity contribution >= 4 is 28.1 Å². The minimum Gasteiger partial charge on any atom is -0.469 e. The molecule has 0 aliphatic rings. The van der Waals surface area contributed by atoms with Gasteiger partial charge in [0.25, 0.3) is 0 Å². The fraction of sp³-hybridized carbons (Fsp3) is 0.227. The summed E-state index contributed by atoms with van der Waals surface area (Å²) in [5.74, 6) is -0.213. The summed E-state index contributed by atoms with van der Waals surface area (Å²) in [6, 6.07) is 22.3. The summed E-state index contributed by atoms with van der Waals surface area (Å²) in [6.07, 6.45) is 0.321. The molecule has 0 aliphatic carbocycles. The molecule has 3 aromatic carbocycles. The van der Waals surface area contributed by atoms with Gasteiger partial charge in [0.1, 0.15) is 0 Å². The van der Waals surface area contributed by atoms with Crippen LogP contribution in [0.2, 0.25) is 0 Å². The van der Waals surface area contributed by atoms with Crippen molar-refractivity contribution in [2.75, 3.05) is 17.7 Å². The van der Waals surface area contributed by atoms with Gasteiger partial charge in [0.15, 0.2) is 0 Å². The maximum Gasteiger partial charge on any atom is 0.307 e. The Balaban J connectivity index is 2.05. The zero-order chi connectivity index (χ0) is 18.5. The van der Waals surface area contributed by atoms with E-state index in [-0.39, 0.29) is 12.0 Å². The van der Waals surface area contributed by atoms with Crippen LogP contribution in [0.3, 0.4) is 0 Å². The van der Waals surface area contributed by atoms with Crippen LogP contribution in [0.5, 0.6) is 0 Å². The second kappa shape index (κ2) is 7.91. The Morgan fingerprint density at radius 2 is 1.65 bits per heavy atom. The topological polar surface area (TPSA) is 55.6 Å². The lowest BCUT2D eigenvalue weighted by atomic mass is 10.0. The standard InChI is InChI=1S/C22H24N2O2/c1-16(14-22(25)26-2)24(15-17-8-4-3-5-9-17)21-13-12-20(23)18-10-6-7-11-19(18)21/h3-13,16H,14-15,23H2,1-2H3. The highest BCUT2D eigenvalue weighted by Gasteiger charge is 2.20. The SMILES string of the molecule is COC(=O)CC(C)N(Cc1ccccc1)c1ccc(N)c2ccccc12. The molecular formula is C22H24N2O2. The molecule has 0 saturated heterocycles. The number of esters is 1. The molecule has 0 bridgehead atoms. The Morgan fingerprint density at radius 1 is 1.00 bits per heavy atom. The van der Waals surface area contributed by atoms with Gasteiger partial charge >= 0.3 is 5.97 Å². The number of hydrogen-bond donors (Lipinski definition) is 1. The molecule has 0 fully saturated rings. The number of nitrogens with zero attached hydrogens (tertiary/aromatic N) is 1. The third kappa shape index (κ3) is 3.80. The van der Waals surface area contributed by atoms with Crippen LogP contribution in [-0.4, -0.2) is 19.1 Å². The molecule has 2 N–H and O–H groups in total. The van der Waals surface area contributed by atoms with Crippen LogP contribution in [-0.2, 0) is 16.1 Å². The fourth-order valence-electron chi connectivity index (χ4n) is 3.25. The smallest absolute Gasteiger partial charge is 0.307 e. The molecule has 1 unspecified atom stereocenters. The summed E-state index contributed by atoms with van der Waals surface area (Å²) in [4.78, 5) is 14.1. The average Bonchev–Trinajstić information content (AvgIpc) is 2.67. The maximum absolute atomic E-state index is 11.9. The van der Waals surface area contributed by atoms with Gasteiger partial charge in [-0.2, -0.15) is 0 Å². The number of methoxy groups -OCH3 is 1. The zero-order valence-corrected chi connectivity index (χ0v) is 15.2. The molecule has 0 radical (unpaired) electrons. The van der Waals surface area contributed by atoms with Crippen molar-refractivity contribution in [1.29, 1.82) is 0 Å². The molecule has 134 valence electrons. The van der Waals surface area contributed by atoms with Crippen LogP contribution in [0, 0.1) is 0 Å². The van der Waals surface area contributed by atoms with E-state index in [1.165, 1.54) is 12.7 Å². The molecule has 3 rings (SSSR count). The van der Waals surface area contributed by atoms with Gasteiger partial charge in [0.2, 0.25) is 0 Å². The largest absolute Gasteiger partial charge is 0.469 e. The molecular weight excluding hydrogens is 324 g/mol. The third-order valence-electron chi connectivity index (χ3n) is 4.66. The molecule has 26 heavy (non-hydrogen) atoms. The summed E-state index contributed by atoms with van der Waals surface area (Å²) in [5, 5.41) is 2.11. The minimum absolute atomic E-state index is 0.0188. The maximum atomic E-state index is 11.9. The van der Waals surface area contributed by atoms with Crippen LogP contribution in [0.25, 0.3) is 10.8 Å². The Hall–Kier alpha value is -3.01. The highest BCUT2D eigenvalue weighted by atomic mass is 16.5. The van der Waals surface area contributed by atoms with Crippen molar-refractivity contribution in [2.45, 2.75) is 25.9 Å². The van der Waals surface area contributed by atoms with E-state index in [9.17, 15) is 4.79 Å². The molecule has 4 nitrogen and oxygen atoms in total. The third-order valence-corrected chi connectivity index (χ3v) is 4.66. The lowest BCUT2D eigenvalue weighted by Gasteiger charge is -2.32. The van der Waals surface area contributed by atoms with Gasteiger partial charge in [-0.05, 0) is 24.6 Å². The number of carbonyl (C=O) groups excluding carboxylic acids is 1. The minimum atomic E-state index is -0.213. The van der Waals surface area contributed by atoms with Crippen molar-refractivity contribution in [1.82, 2.24) is 0 Å². The summed E-state index contributed by atoms with van der Waals surface area (Å²) in [5.41, 5.74) is 9.17. The van der Waals surface area contributed by atoms with E-state index in [0.717, 1.165) is 22.1 Å². The molecule has 0 spiro atoms. The molecule has 0 aliphatic heterocycles. The van der Waals surface area contributed by atoms with E-state index >= 15 is 0 Å². The number of ether oxygens (including phenoxy) is 1. The van der Waals surface area contributed by atoms with E-state index in [1.54, 1.807) is 0 Å². The van der Waals surface area contributed by atoms with Gasteiger partial charge in [-0.25, -0.2) is 0 Å². The van der Waals surface area contributed by atoms with Crippen molar-refractivity contribution in [3.63, 3.8) is 0 Å². The van der Waals surface area contributed by atoms with E-state index in [1.807, 2.05) is 55.5 Å². The van der Waals surface area contributed by atoms with Gasteiger partial charge < -0.3 is 15.4 Å². The number of carbonyl (C=O) groups is 1. The van der Waals surface area contributed by atoms with Crippen molar-refractivity contribution < 1.29 is 9.53 Å². The Morgan fingerprint density at radius 3 is 2.35 bits per heavy atom. The van der Waals surface area contributed by atoms with Crippen LogP contribution in [0.15, 0.2) is 66.7 Å². The second-order valence-electron chi connectivity index (χ2n) is 6.46. The van der Waals surface area contributed by atoms with Crippen LogP contribution < -0.4 is 10.6 Å². The number of benzene rings is 3.